The van der Waals surface area contributed by atoms with Gasteiger partial charge in [0.2, 0.25) is 0 Å². The third-order valence-corrected chi connectivity index (χ3v) is 2.16. The molecular formula is C14H18N2O. The van der Waals surface area contributed by atoms with E-state index in [0.717, 1.165) is 22.8 Å². The molecule has 0 aliphatic rings. The van der Waals surface area contributed by atoms with E-state index in [1.165, 1.54) is 0 Å². The van der Waals surface area contributed by atoms with Crippen LogP contribution in [0.25, 0.3) is 11.3 Å². The number of aryl methyl sites for hydroxylation is 1. The van der Waals surface area contributed by atoms with E-state index in [1.54, 1.807) is 13.3 Å². The first kappa shape index (κ1) is 13.2. The zero-order valence-electron chi connectivity index (χ0n) is 10.8. The number of rotatable bonds is 2. The maximum absolute atomic E-state index is 5.10. The van der Waals surface area contributed by atoms with Crippen LogP contribution < -0.4 is 4.74 Å². The van der Waals surface area contributed by atoms with Crippen LogP contribution in [0.1, 0.15) is 19.7 Å². The third-order valence-electron chi connectivity index (χ3n) is 2.16. The molecule has 0 amide bonds. The molecule has 0 aliphatic carbocycles. The highest BCUT2D eigenvalue weighted by Crippen LogP contribution is 2.19. The molecule has 0 aliphatic heterocycles. The van der Waals surface area contributed by atoms with Gasteiger partial charge in [0.25, 0.3) is 0 Å². The predicted molar refractivity (Wildman–Crippen MR) is 70.1 cm³/mol. The summed E-state index contributed by atoms with van der Waals surface area (Å²) in [7, 11) is 1.66. The number of hydrogen-bond acceptors (Lipinski definition) is 3. The second-order valence-electron chi connectivity index (χ2n) is 3.22. The lowest BCUT2D eigenvalue weighted by molar-refractivity contribution is 0.415. The van der Waals surface area contributed by atoms with Crippen molar-refractivity contribution in [3.8, 4) is 17.0 Å². The maximum Gasteiger partial charge on any atom is 0.125 e. The van der Waals surface area contributed by atoms with Gasteiger partial charge >= 0.3 is 0 Å². The van der Waals surface area contributed by atoms with Crippen molar-refractivity contribution in [1.29, 1.82) is 0 Å². The molecule has 0 fully saturated rings. The van der Waals surface area contributed by atoms with Crippen LogP contribution in [0.2, 0.25) is 0 Å². The van der Waals surface area contributed by atoms with Gasteiger partial charge in [0.05, 0.1) is 12.8 Å². The number of aromatic nitrogens is 2. The Morgan fingerprint density at radius 2 is 1.65 bits per heavy atom. The predicted octanol–water partition coefficient (Wildman–Crippen LogP) is 3.49. The van der Waals surface area contributed by atoms with Crippen molar-refractivity contribution in [2.24, 2.45) is 0 Å². The van der Waals surface area contributed by atoms with Crippen molar-refractivity contribution in [2.45, 2.75) is 20.8 Å². The third kappa shape index (κ3) is 3.55. The molecular weight excluding hydrogens is 212 g/mol. The van der Waals surface area contributed by atoms with Crippen molar-refractivity contribution >= 4 is 0 Å². The number of methoxy groups -OCH3 is 1. The Balaban J connectivity index is 0.000000686. The molecule has 3 nitrogen and oxygen atoms in total. The van der Waals surface area contributed by atoms with E-state index in [0.29, 0.717) is 0 Å². The summed E-state index contributed by atoms with van der Waals surface area (Å²) in [5.74, 6) is 1.63. The van der Waals surface area contributed by atoms with E-state index in [-0.39, 0.29) is 0 Å². The summed E-state index contributed by atoms with van der Waals surface area (Å²) < 4.78 is 5.10. The average Bonchev–Trinajstić information content (AvgIpc) is 2.41. The van der Waals surface area contributed by atoms with Gasteiger partial charge in [0.1, 0.15) is 11.6 Å². The fraction of sp³-hybridized carbons (Fsp3) is 0.286. The monoisotopic (exact) mass is 230 g/mol. The summed E-state index contributed by atoms with van der Waals surface area (Å²) in [6.07, 6.45) is 1.77. The molecule has 90 valence electrons. The van der Waals surface area contributed by atoms with Gasteiger partial charge in [0.15, 0.2) is 0 Å². The van der Waals surface area contributed by atoms with Gasteiger partial charge in [-0.3, -0.25) is 0 Å². The van der Waals surface area contributed by atoms with Gasteiger partial charge in [-0.15, -0.1) is 0 Å². The Labute approximate surface area is 103 Å². The van der Waals surface area contributed by atoms with Crippen molar-refractivity contribution < 1.29 is 4.74 Å². The molecule has 0 unspecified atom stereocenters. The second-order valence-corrected chi connectivity index (χ2v) is 3.22. The summed E-state index contributed by atoms with van der Waals surface area (Å²) in [6, 6.07) is 9.72. The Morgan fingerprint density at radius 3 is 2.18 bits per heavy atom. The van der Waals surface area contributed by atoms with Crippen LogP contribution in [0.5, 0.6) is 5.75 Å². The number of nitrogens with zero attached hydrogens (tertiary/aromatic N) is 2. The lowest BCUT2D eigenvalue weighted by Gasteiger charge is -2.03. The van der Waals surface area contributed by atoms with Crippen molar-refractivity contribution in [1.82, 2.24) is 9.97 Å². The molecule has 0 atom stereocenters. The van der Waals surface area contributed by atoms with Crippen molar-refractivity contribution in [2.75, 3.05) is 7.11 Å². The number of hydrogen-bond donors (Lipinski definition) is 0. The Kier molecular flexibility index (Phi) is 5.14. The topological polar surface area (TPSA) is 35.0 Å². The first-order valence-electron chi connectivity index (χ1n) is 5.73. The molecule has 0 saturated heterocycles. The zero-order valence-corrected chi connectivity index (χ0v) is 10.8. The molecule has 1 heterocycles. The fourth-order valence-electron chi connectivity index (χ4n) is 1.38. The fourth-order valence-corrected chi connectivity index (χ4v) is 1.38. The minimum absolute atomic E-state index is 0.781. The van der Waals surface area contributed by atoms with Gasteiger partial charge in [0, 0.05) is 11.8 Å². The Hall–Kier alpha value is -1.90. The van der Waals surface area contributed by atoms with Crippen LogP contribution in [-0.4, -0.2) is 17.1 Å². The molecule has 1 aromatic heterocycles. The van der Waals surface area contributed by atoms with Crippen LogP contribution >= 0.6 is 0 Å². The molecule has 0 bridgehead atoms. The van der Waals surface area contributed by atoms with Gasteiger partial charge < -0.3 is 4.74 Å². The van der Waals surface area contributed by atoms with Crippen LogP contribution in [0.3, 0.4) is 0 Å². The smallest absolute Gasteiger partial charge is 0.125 e. The maximum atomic E-state index is 5.10. The normalized spacial score (nSPS) is 9.18. The van der Waals surface area contributed by atoms with E-state index in [1.807, 2.05) is 51.1 Å². The summed E-state index contributed by atoms with van der Waals surface area (Å²) >= 11 is 0. The number of ether oxygens (including phenoxy) is 1. The van der Waals surface area contributed by atoms with E-state index >= 15 is 0 Å². The second kappa shape index (κ2) is 6.63. The molecule has 0 radical (unpaired) electrons. The van der Waals surface area contributed by atoms with Crippen LogP contribution in [-0.2, 0) is 0 Å². The first-order valence-corrected chi connectivity index (χ1v) is 5.73. The molecule has 0 spiro atoms. The van der Waals surface area contributed by atoms with E-state index in [4.69, 9.17) is 4.74 Å². The zero-order chi connectivity index (χ0) is 12.7. The van der Waals surface area contributed by atoms with Crippen LogP contribution in [0, 0.1) is 6.92 Å². The van der Waals surface area contributed by atoms with Crippen molar-refractivity contribution in [3.63, 3.8) is 0 Å². The molecule has 0 saturated carbocycles. The molecule has 3 heteroatoms. The summed E-state index contributed by atoms with van der Waals surface area (Å²) in [5.41, 5.74) is 2.01. The average molecular weight is 230 g/mol. The Morgan fingerprint density at radius 1 is 1.00 bits per heavy atom. The minimum atomic E-state index is 0.781. The Bertz CT molecular complexity index is 452. The van der Waals surface area contributed by atoms with E-state index in [9.17, 15) is 0 Å². The van der Waals surface area contributed by atoms with Gasteiger partial charge in [-0.25, -0.2) is 9.97 Å². The van der Waals surface area contributed by atoms with Crippen molar-refractivity contribution in [3.05, 3.63) is 42.4 Å². The van der Waals surface area contributed by atoms with Gasteiger partial charge in [-0.1, -0.05) is 13.8 Å². The molecule has 17 heavy (non-hydrogen) atoms. The highest BCUT2D eigenvalue weighted by atomic mass is 16.5. The SMILES string of the molecule is CC.COc1ccc(-c2ccnc(C)n2)cc1. The number of benzene rings is 1. The largest absolute Gasteiger partial charge is 0.497 e. The first-order chi connectivity index (χ1) is 8.29. The molecule has 1 aromatic carbocycles. The van der Waals surface area contributed by atoms with Crippen LogP contribution in [0.4, 0.5) is 0 Å². The lowest BCUT2D eigenvalue weighted by Crippen LogP contribution is -1.89. The standard InChI is InChI=1S/C12H12N2O.C2H6/c1-9-13-8-7-12(14-9)10-3-5-11(15-2)6-4-10;1-2/h3-8H,1-2H3;1-2H3. The quantitative estimate of drug-likeness (QED) is 0.792. The summed E-state index contributed by atoms with van der Waals surface area (Å²) in [6.45, 7) is 5.88. The highest BCUT2D eigenvalue weighted by Gasteiger charge is 1.99. The molecule has 2 aromatic rings. The van der Waals surface area contributed by atoms with E-state index < -0.39 is 0 Å². The minimum Gasteiger partial charge on any atom is -0.497 e. The molecule has 2 rings (SSSR count). The van der Waals surface area contributed by atoms with Gasteiger partial charge in [-0.2, -0.15) is 0 Å². The molecule has 0 N–H and O–H groups in total. The summed E-state index contributed by atoms with van der Waals surface area (Å²) in [4.78, 5) is 8.41. The summed E-state index contributed by atoms with van der Waals surface area (Å²) in [5, 5.41) is 0. The van der Waals surface area contributed by atoms with Gasteiger partial charge in [-0.05, 0) is 37.3 Å². The lowest BCUT2D eigenvalue weighted by atomic mass is 10.1. The highest BCUT2D eigenvalue weighted by molar-refractivity contribution is 5.59. The van der Waals surface area contributed by atoms with E-state index in [2.05, 4.69) is 9.97 Å². The van der Waals surface area contributed by atoms with Crippen LogP contribution in [0.15, 0.2) is 36.5 Å².